The summed E-state index contributed by atoms with van der Waals surface area (Å²) < 4.78 is 5.08. The van der Waals surface area contributed by atoms with E-state index in [9.17, 15) is 9.59 Å². The minimum absolute atomic E-state index is 0.0887. The lowest BCUT2D eigenvalue weighted by atomic mass is 10.0. The highest BCUT2D eigenvalue weighted by molar-refractivity contribution is 6.31. The fourth-order valence-electron chi connectivity index (χ4n) is 2.47. The second kappa shape index (κ2) is 9.25. The van der Waals surface area contributed by atoms with Crippen LogP contribution in [-0.2, 0) is 9.59 Å². The van der Waals surface area contributed by atoms with Crippen molar-refractivity contribution in [2.24, 2.45) is 5.92 Å². The highest BCUT2D eigenvalue weighted by Gasteiger charge is 2.14. The van der Waals surface area contributed by atoms with Gasteiger partial charge in [0.15, 0.2) is 0 Å². The normalized spacial score (nSPS) is 11.5. The second-order valence-electron chi connectivity index (χ2n) is 6.30. The molecule has 0 heterocycles. The van der Waals surface area contributed by atoms with Crippen molar-refractivity contribution in [3.05, 3.63) is 53.1 Å². The molecule has 0 fully saturated rings. The maximum absolute atomic E-state index is 12.1. The van der Waals surface area contributed by atoms with Crippen molar-refractivity contribution < 1.29 is 14.3 Å². The van der Waals surface area contributed by atoms with Gasteiger partial charge in [-0.3, -0.25) is 9.59 Å². The molecule has 5 nitrogen and oxygen atoms in total. The summed E-state index contributed by atoms with van der Waals surface area (Å²) in [5.74, 6) is 0.363. The van der Waals surface area contributed by atoms with Gasteiger partial charge in [-0.25, -0.2) is 0 Å². The number of methoxy groups -OCH3 is 1. The fraction of sp³-hybridized carbons (Fsp3) is 0.300. The zero-order chi connectivity index (χ0) is 19.1. The molecule has 2 N–H and O–H groups in total. The van der Waals surface area contributed by atoms with Crippen LogP contribution in [0.1, 0.15) is 25.3 Å². The van der Waals surface area contributed by atoms with E-state index in [0.717, 1.165) is 11.3 Å². The molecule has 1 unspecified atom stereocenters. The molecule has 0 radical (unpaired) electrons. The number of carbonyl (C=O) groups excluding carboxylic acids is 2. The first-order valence-corrected chi connectivity index (χ1v) is 8.75. The van der Waals surface area contributed by atoms with E-state index in [1.165, 1.54) is 0 Å². The van der Waals surface area contributed by atoms with Crippen molar-refractivity contribution in [2.75, 3.05) is 17.7 Å². The molecule has 0 spiro atoms. The third kappa shape index (κ3) is 6.08. The maximum atomic E-state index is 12.1. The number of ether oxygens (including phenoxy) is 1. The van der Waals surface area contributed by atoms with Crippen LogP contribution in [-0.4, -0.2) is 18.9 Å². The minimum atomic E-state index is -0.144. The van der Waals surface area contributed by atoms with Crippen LogP contribution in [0.25, 0.3) is 0 Å². The summed E-state index contributed by atoms with van der Waals surface area (Å²) >= 11 is 6.06. The summed E-state index contributed by atoms with van der Waals surface area (Å²) in [5, 5.41) is 6.23. The molecule has 6 heteroatoms. The van der Waals surface area contributed by atoms with Crippen LogP contribution in [0.4, 0.5) is 11.4 Å². The first-order chi connectivity index (χ1) is 12.4. The summed E-state index contributed by atoms with van der Waals surface area (Å²) in [6.45, 7) is 3.77. The van der Waals surface area contributed by atoms with Crippen LogP contribution in [0.15, 0.2) is 42.5 Å². The molecule has 2 aromatic carbocycles. The predicted octanol–water partition coefficient (Wildman–Crippen LogP) is 4.65. The molecule has 0 aliphatic carbocycles. The summed E-state index contributed by atoms with van der Waals surface area (Å²) in [7, 11) is 1.59. The zero-order valence-electron chi connectivity index (χ0n) is 15.1. The molecule has 0 bridgehead atoms. The molecule has 0 aliphatic heterocycles. The lowest BCUT2D eigenvalue weighted by Crippen LogP contribution is -2.20. The van der Waals surface area contributed by atoms with Crippen molar-refractivity contribution >= 4 is 34.8 Å². The van der Waals surface area contributed by atoms with Crippen LogP contribution in [0.5, 0.6) is 5.75 Å². The van der Waals surface area contributed by atoms with Crippen LogP contribution in [0, 0.1) is 12.8 Å². The first-order valence-electron chi connectivity index (χ1n) is 8.37. The smallest absolute Gasteiger partial charge is 0.224 e. The Balaban J connectivity index is 1.80. The largest absolute Gasteiger partial charge is 0.497 e. The van der Waals surface area contributed by atoms with Gasteiger partial charge in [0.25, 0.3) is 0 Å². The molecular weight excluding hydrogens is 352 g/mol. The Morgan fingerprint density at radius 3 is 2.08 bits per heavy atom. The molecular formula is C20H23ClN2O3. The monoisotopic (exact) mass is 374 g/mol. The number of anilines is 2. The third-order valence-electron chi connectivity index (χ3n) is 3.90. The van der Waals surface area contributed by atoms with Crippen LogP contribution in [0.3, 0.4) is 0 Å². The molecule has 2 amide bonds. The number of benzene rings is 2. The van der Waals surface area contributed by atoms with E-state index in [4.69, 9.17) is 16.3 Å². The molecule has 0 aromatic heterocycles. The lowest BCUT2D eigenvalue weighted by molar-refractivity contribution is -0.118. The van der Waals surface area contributed by atoms with Crippen molar-refractivity contribution in [2.45, 2.75) is 26.7 Å². The summed E-state index contributed by atoms with van der Waals surface area (Å²) in [6.07, 6.45) is 0.510. The van der Waals surface area contributed by atoms with E-state index in [1.54, 1.807) is 43.5 Å². The van der Waals surface area contributed by atoms with Gasteiger partial charge in [-0.1, -0.05) is 24.6 Å². The predicted molar refractivity (Wildman–Crippen MR) is 105 cm³/mol. The zero-order valence-corrected chi connectivity index (χ0v) is 15.9. The third-order valence-corrected chi connectivity index (χ3v) is 4.30. The summed E-state index contributed by atoms with van der Waals surface area (Å²) in [6, 6.07) is 12.5. The highest BCUT2D eigenvalue weighted by atomic mass is 35.5. The van der Waals surface area contributed by atoms with Gasteiger partial charge < -0.3 is 15.4 Å². The Morgan fingerprint density at radius 1 is 1.00 bits per heavy atom. The van der Waals surface area contributed by atoms with Gasteiger partial charge in [0.05, 0.1) is 7.11 Å². The SMILES string of the molecule is COc1ccc(NC(=O)CC(C)CC(=O)Nc2ccc(C)c(Cl)c2)cc1. The van der Waals surface area contributed by atoms with Crippen molar-refractivity contribution in [1.82, 2.24) is 0 Å². The standard InChI is InChI=1S/C20H23ClN2O3/c1-13(10-19(24)22-15-6-8-17(26-3)9-7-15)11-20(25)23-16-5-4-14(2)18(21)12-16/h4-9,12-13H,10-11H2,1-3H3,(H,22,24)(H,23,25). The Morgan fingerprint density at radius 2 is 1.54 bits per heavy atom. The molecule has 0 saturated carbocycles. The molecule has 26 heavy (non-hydrogen) atoms. The molecule has 1 atom stereocenters. The van der Waals surface area contributed by atoms with E-state index in [2.05, 4.69) is 10.6 Å². The summed E-state index contributed by atoms with van der Waals surface area (Å²) in [5.41, 5.74) is 2.30. The van der Waals surface area contributed by atoms with Crippen LogP contribution in [0.2, 0.25) is 5.02 Å². The Kier molecular flexibility index (Phi) is 7.04. The van der Waals surface area contributed by atoms with E-state index in [0.29, 0.717) is 16.4 Å². The Hall–Kier alpha value is -2.53. The van der Waals surface area contributed by atoms with E-state index >= 15 is 0 Å². The number of hydrogen-bond acceptors (Lipinski definition) is 3. The Bertz CT molecular complexity index is 775. The van der Waals surface area contributed by atoms with Gasteiger partial charge in [-0.05, 0) is 54.8 Å². The number of nitrogens with one attached hydrogen (secondary N) is 2. The number of halogens is 1. The average Bonchev–Trinajstić information content (AvgIpc) is 2.58. The van der Waals surface area contributed by atoms with Gasteiger partial charge in [0.1, 0.15) is 5.75 Å². The van der Waals surface area contributed by atoms with E-state index in [-0.39, 0.29) is 30.6 Å². The maximum Gasteiger partial charge on any atom is 0.224 e. The lowest BCUT2D eigenvalue weighted by Gasteiger charge is -2.12. The first kappa shape index (κ1) is 19.8. The van der Waals surface area contributed by atoms with Crippen LogP contribution >= 0.6 is 11.6 Å². The van der Waals surface area contributed by atoms with Crippen molar-refractivity contribution in [3.63, 3.8) is 0 Å². The molecule has 2 rings (SSSR count). The number of carbonyl (C=O) groups is 2. The minimum Gasteiger partial charge on any atom is -0.497 e. The van der Waals surface area contributed by atoms with Crippen molar-refractivity contribution in [1.29, 1.82) is 0 Å². The van der Waals surface area contributed by atoms with Gasteiger partial charge in [0, 0.05) is 29.2 Å². The van der Waals surface area contributed by atoms with Crippen LogP contribution < -0.4 is 15.4 Å². The highest BCUT2D eigenvalue weighted by Crippen LogP contribution is 2.21. The molecule has 0 saturated heterocycles. The number of amides is 2. The second-order valence-corrected chi connectivity index (χ2v) is 6.71. The molecule has 2 aromatic rings. The quantitative estimate of drug-likeness (QED) is 0.741. The number of rotatable bonds is 7. The summed E-state index contributed by atoms with van der Waals surface area (Å²) in [4.78, 5) is 24.2. The number of aryl methyl sites for hydroxylation is 1. The number of hydrogen-bond donors (Lipinski definition) is 2. The fourth-order valence-corrected chi connectivity index (χ4v) is 2.65. The molecule has 0 aliphatic rings. The topological polar surface area (TPSA) is 67.4 Å². The van der Waals surface area contributed by atoms with E-state index < -0.39 is 0 Å². The molecule has 138 valence electrons. The Labute approximate surface area is 158 Å². The van der Waals surface area contributed by atoms with Gasteiger partial charge >= 0.3 is 0 Å². The van der Waals surface area contributed by atoms with E-state index in [1.807, 2.05) is 19.9 Å². The van der Waals surface area contributed by atoms with Gasteiger partial charge in [0.2, 0.25) is 11.8 Å². The van der Waals surface area contributed by atoms with Crippen molar-refractivity contribution in [3.8, 4) is 5.75 Å². The van der Waals surface area contributed by atoms with Gasteiger partial charge in [-0.15, -0.1) is 0 Å². The average molecular weight is 375 g/mol. The van der Waals surface area contributed by atoms with Gasteiger partial charge in [-0.2, -0.15) is 0 Å².